The number of alkyl carbamates (subject to hydrolysis) is 1. The van der Waals surface area contributed by atoms with Crippen molar-refractivity contribution < 1.29 is 69.0 Å². The first kappa shape index (κ1) is 62.7. The van der Waals surface area contributed by atoms with Crippen molar-refractivity contribution in [2.75, 3.05) is 92.2 Å². The number of para-hydroxylation sites is 1. The molecule has 5 heterocycles. The maximum atomic E-state index is 13.8. The van der Waals surface area contributed by atoms with Gasteiger partial charge in [0.2, 0.25) is 11.8 Å². The molecule has 2 saturated heterocycles. The summed E-state index contributed by atoms with van der Waals surface area (Å²) >= 11 is 0. The number of fused-ring (bicyclic) bond motifs is 2. The first-order valence-corrected chi connectivity index (χ1v) is 29.7. The van der Waals surface area contributed by atoms with Crippen LogP contribution in [0.5, 0.6) is 5.75 Å². The summed E-state index contributed by atoms with van der Waals surface area (Å²) in [6.45, 7) is 4.61. The Bertz CT molecular complexity index is 3190. The fourth-order valence-corrected chi connectivity index (χ4v) is 11.4. The molecule has 8 rings (SSSR count). The maximum Gasteiger partial charge on any atom is 0.407 e. The number of hydrogen-bond donors (Lipinski definition) is 3. The summed E-state index contributed by atoms with van der Waals surface area (Å²) < 4.78 is 92.9. The second kappa shape index (κ2) is 31.0. The molecule has 0 bridgehead atoms. The molecule has 27 heteroatoms. The molecule has 3 aliphatic rings. The van der Waals surface area contributed by atoms with Gasteiger partial charge in [0.15, 0.2) is 0 Å². The SMILES string of the molecule is Cc1nnc(-c2ccc(Cn3cc(CC4CCCOS4(=O)=O)nn3)cc2)c2c1CCCC(OC(=O)NCCOCCOCCOCCOCCC(=O)NCCCOc1cccc3c(C(=O)NCC(=O)N4CC(F)(F)C[C@H]4C#N)ccnc13)CC2. The van der Waals surface area contributed by atoms with Gasteiger partial charge in [0.25, 0.3) is 21.9 Å². The van der Waals surface area contributed by atoms with Crippen molar-refractivity contribution in [2.24, 2.45) is 0 Å². The third-order valence-electron chi connectivity index (χ3n) is 14.4. The molecular weight excluding hydrogens is 1120 g/mol. The summed E-state index contributed by atoms with van der Waals surface area (Å²) in [5.74, 6) is -4.35. The number of halogens is 2. The van der Waals surface area contributed by atoms with Gasteiger partial charge in [-0.2, -0.15) is 18.8 Å². The lowest BCUT2D eigenvalue weighted by Gasteiger charge is -2.24. The largest absolute Gasteiger partial charge is 0.491 e. The number of aryl methyl sites for hydroxylation is 1. The highest BCUT2D eigenvalue weighted by molar-refractivity contribution is 7.87. The molecule has 1 aliphatic carbocycles. The second-order valence-corrected chi connectivity index (χ2v) is 22.4. The molecule has 2 unspecified atom stereocenters. The summed E-state index contributed by atoms with van der Waals surface area (Å²) in [6.07, 6.45) is 7.47. The number of hydrogen-bond acceptors (Lipinski definition) is 19. The van der Waals surface area contributed by atoms with E-state index in [0.29, 0.717) is 107 Å². The van der Waals surface area contributed by atoms with Crippen LogP contribution in [0.2, 0.25) is 0 Å². The minimum atomic E-state index is -3.59. The van der Waals surface area contributed by atoms with Crippen LogP contribution in [0.25, 0.3) is 22.2 Å². The normalized spacial score (nSPS) is 18.2. The number of carbonyl (C=O) groups is 4. The number of ether oxygens (including phenoxy) is 6. The molecule has 5 aromatic rings. The van der Waals surface area contributed by atoms with Gasteiger partial charge in [-0.15, -0.1) is 10.2 Å². The molecule has 2 aromatic carbocycles. The van der Waals surface area contributed by atoms with Gasteiger partial charge in [0.1, 0.15) is 23.4 Å². The number of amides is 4. The summed E-state index contributed by atoms with van der Waals surface area (Å²) in [4.78, 5) is 55.9. The monoisotopic (exact) mass is 1190 g/mol. The van der Waals surface area contributed by atoms with Gasteiger partial charge in [-0.05, 0) is 87.1 Å². The van der Waals surface area contributed by atoms with Crippen molar-refractivity contribution in [3.8, 4) is 23.1 Å². The standard InChI is InChI=1S/C57H71F2N11O13S/c1-39-46-8-2-6-44(15-16-48(46)53(67-65-39)41-13-11-40(12-14-41)36-69-37-42(66-68-69)32-45-7-4-23-82-84(45,75)76)83-56(74)63-21-25-78-27-29-80-31-30-79-28-26-77-24-18-51(71)61-19-5-22-81-50-10-3-9-47-49(17-20-62-54(47)50)55(73)64-35-52(72)70-38-57(58,59)33-43(70)34-60/h3,9-14,17,20,37,43-45H,2,4-8,15-16,18-19,21-33,35-36,38H2,1H3,(H,61,71)(H,63,74)(H,64,73)/t43-,44?,45?/m0/s1. The van der Waals surface area contributed by atoms with Crippen LogP contribution in [0, 0.1) is 18.3 Å². The van der Waals surface area contributed by atoms with Gasteiger partial charge in [-0.3, -0.25) is 23.6 Å². The number of benzene rings is 2. The van der Waals surface area contributed by atoms with E-state index in [9.17, 15) is 41.6 Å². The Morgan fingerprint density at radius 2 is 1.60 bits per heavy atom. The highest BCUT2D eigenvalue weighted by atomic mass is 32.2. The highest BCUT2D eigenvalue weighted by Gasteiger charge is 2.47. The lowest BCUT2D eigenvalue weighted by atomic mass is 9.89. The second-order valence-electron chi connectivity index (χ2n) is 20.5. The Kier molecular flexibility index (Phi) is 23.1. The van der Waals surface area contributed by atoms with E-state index in [4.69, 9.17) is 32.6 Å². The van der Waals surface area contributed by atoms with Crippen molar-refractivity contribution >= 4 is 44.8 Å². The Morgan fingerprint density at radius 3 is 2.36 bits per heavy atom. The zero-order valence-electron chi connectivity index (χ0n) is 46.9. The van der Waals surface area contributed by atoms with Crippen LogP contribution >= 0.6 is 0 Å². The number of rotatable bonds is 29. The predicted molar refractivity (Wildman–Crippen MR) is 298 cm³/mol. The van der Waals surface area contributed by atoms with Crippen molar-refractivity contribution in [3.63, 3.8) is 0 Å². The van der Waals surface area contributed by atoms with Gasteiger partial charge in [-0.25, -0.2) is 18.3 Å². The Balaban J connectivity index is 0.615. The predicted octanol–water partition coefficient (Wildman–Crippen LogP) is 4.59. The molecule has 3 N–H and O–H groups in total. The third kappa shape index (κ3) is 18.3. The maximum absolute atomic E-state index is 13.8. The van der Waals surface area contributed by atoms with E-state index in [2.05, 4.69) is 41.4 Å². The smallest absolute Gasteiger partial charge is 0.407 e. The lowest BCUT2D eigenvalue weighted by Crippen LogP contribution is -2.43. The first-order valence-electron chi connectivity index (χ1n) is 28.3. The molecular formula is C57H71F2N11O13S. The molecule has 3 atom stereocenters. The van der Waals surface area contributed by atoms with Crippen molar-refractivity contribution in [1.29, 1.82) is 5.26 Å². The van der Waals surface area contributed by atoms with Crippen LogP contribution in [0.15, 0.2) is 60.9 Å². The van der Waals surface area contributed by atoms with Crippen LogP contribution in [-0.4, -0.2) is 183 Å². The van der Waals surface area contributed by atoms with E-state index in [1.54, 1.807) is 35.1 Å². The number of nitrogens with one attached hydrogen (secondary N) is 3. The van der Waals surface area contributed by atoms with Gasteiger partial charge < -0.3 is 49.3 Å². The average molecular weight is 1190 g/mol. The molecule has 0 saturated carbocycles. The van der Waals surface area contributed by atoms with E-state index in [0.717, 1.165) is 52.2 Å². The summed E-state index contributed by atoms with van der Waals surface area (Å²) in [5.41, 5.74) is 7.11. The number of aromatic nitrogens is 6. The number of carbonyl (C=O) groups excluding carboxylic acids is 4. The molecule has 24 nitrogen and oxygen atoms in total. The molecule has 452 valence electrons. The average Bonchev–Trinajstić information content (AvgIpc) is 3.35. The third-order valence-corrected chi connectivity index (χ3v) is 16.1. The summed E-state index contributed by atoms with van der Waals surface area (Å²) in [7, 11) is -3.59. The van der Waals surface area contributed by atoms with Crippen LogP contribution in [-0.2, 0) is 73.4 Å². The van der Waals surface area contributed by atoms with Crippen molar-refractivity contribution in [1.82, 2.24) is 51.0 Å². The van der Waals surface area contributed by atoms with E-state index in [1.807, 2.05) is 31.2 Å². The lowest BCUT2D eigenvalue weighted by molar-refractivity contribution is -0.131. The number of nitrogens with zero attached hydrogens (tertiary/aromatic N) is 8. The number of likely N-dealkylation sites (tertiary alicyclic amines) is 1. The Morgan fingerprint density at radius 1 is 0.833 bits per heavy atom. The highest BCUT2D eigenvalue weighted by Crippen LogP contribution is 2.33. The van der Waals surface area contributed by atoms with Gasteiger partial charge in [-0.1, -0.05) is 41.6 Å². The molecule has 2 fully saturated rings. The van der Waals surface area contributed by atoms with E-state index in [1.165, 1.54) is 17.8 Å². The molecule has 2 aliphatic heterocycles. The number of pyridine rings is 1. The summed E-state index contributed by atoms with van der Waals surface area (Å²) in [5, 5.41) is 34.6. The fraction of sp³-hybridized carbons (Fsp3) is 0.544. The topological polar surface area (TPSA) is 300 Å². The Labute approximate surface area is 485 Å². The first-order chi connectivity index (χ1) is 40.7. The molecule has 3 aromatic heterocycles. The van der Waals surface area contributed by atoms with Crippen LogP contribution in [0.4, 0.5) is 13.6 Å². The fourth-order valence-electron chi connectivity index (χ4n) is 10.1. The molecule has 0 radical (unpaired) electrons. The van der Waals surface area contributed by atoms with Gasteiger partial charge >= 0.3 is 6.09 Å². The molecule has 4 amide bonds. The molecule has 0 spiro atoms. The van der Waals surface area contributed by atoms with Crippen LogP contribution in [0.3, 0.4) is 0 Å². The number of nitriles is 1. The zero-order chi connectivity index (χ0) is 59.3. The van der Waals surface area contributed by atoms with Crippen molar-refractivity contribution in [3.05, 3.63) is 94.6 Å². The zero-order valence-corrected chi connectivity index (χ0v) is 47.8. The van der Waals surface area contributed by atoms with Crippen LogP contribution < -0.4 is 20.7 Å². The number of alkyl halides is 2. The molecule has 84 heavy (non-hydrogen) atoms. The Hall–Kier alpha value is -7.35. The minimum absolute atomic E-state index is 0.162. The van der Waals surface area contributed by atoms with Crippen molar-refractivity contribution in [2.45, 2.75) is 107 Å². The van der Waals surface area contributed by atoms with E-state index in [-0.39, 0.29) is 63.4 Å². The van der Waals surface area contributed by atoms with Gasteiger partial charge in [0, 0.05) is 55.7 Å². The minimum Gasteiger partial charge on any atom is -0.491 e. The quantitative estimate of drug-likeness (QED) is 0.0436. The van der Waals surface area contributed by atoms with Crippen LogP contribution in [0.1, 0.15) is 89.8 Å². The van der Waals surface area contributed by atoms with Gasteiger partial charge in [0.05, 0.1) is 120 Å². The van der Waals surface area contributed by atoms with E-state index < -0.39 is 64.8 Å². The van der Waals surface area contributed by atoms with E-state index >= 15 is 0 Å². The summed E-state index contributed by atoms with van der Waals surface area (Å²) in [6, 6.07) is 15.0.